The maximum Gasteiger partial charge on any atom is 0.308 e. The van der Waals surface area contributed by atoms with Crippen LogP contribution in [0.1, 0.15) is 60.3 Å². The number of esters is 1. The lowest BCUT2D eigenvalue weighted by Crippen LogP contribution is -2.45. The van der Waals surface area contributed by atoms with E-state index in [1.807, 2.05) is 34.6 Å². The number of amides is 1. The smallest absolute Gasteiger partial charge is 0.308 e. The zero-order valence-electron chi connectivity index (χ0n) is 17.4. The largest absolute Gasteiger partial charge is 0.466 e. The Hall–Kier alpha value is -1.06. The van der Waals surface area contributed by atoms with Crippen molar-refractivity contribution in [1.29, 1.82) is 0 Å². The van der Waals surface area contributed by atoms with Gasteiger partial charge in [-0.25, -0.2) is 0 Å². The maximum atomic E-state index is 11.9. The van der Waals surface area contributed by atoms with Crippen molar-refractivity contribution in [1.82, 2.24) is 16.0 Å². The van der Waals surface area contributed by atoms with Gasteiger partial charge in [-0.05, 0) is 39.5 Å². The van der Waals surface area contributed by atoms with Crippen molar-refractivity contribution < 1.29 is 14.3 Å². The molecule has 0 radical (unpaired) electrons. The van der Waals surface area contributed by atoms with Gasteiger partial charge in [-0.1, -0.05) is 20.8 Å². The molecule has 1 aliphatic carbocycles. The molecule has 1 amide bonds. The van der Waals surface area contributed by atoms with Crippen molar-refractivity contribution >= 4 is 41.8 Å². The van der Waals surface area contributed by atoms with Crippen LogP contribution in [0.15, 0.2) is 4.99 Å². The molecule has 0 atom stereocenters. The van der Waals surface area contributed by atoms with E-state index in [1.54, 1.807) is 0 Å². The highest BCUT2D eigenvalue weighted by molar-refractivity contribution is 14.0. The van der Waals surface area contributed by atoms with E-state index in [9.17, 15) is 9.59 Å². The first kappa shape index (κ1) is 25.9. The summed E-state index contributed by atoms with van der Waals surface area (Å²) in [5.74, 6) is 0.751. The number of guanidine groups is 1. The van der Waals surface area contributed by atoms with Crippen molar-refractivity contribution in [2.75, 3.05) is 26.2 Å². The molecule has 1 fully saturated rings. The average Bonchev–Trinajstić information content (AvgIpc) is 2.58. The van der Waals surface area contributed by atoms with Gasteiger partial charge in [-0.3, -0.25) is 14.6 Å². The summed E-state index contributed by atoms with van der Waals surface area (Å²) in [6, 6.07) is 0.308. The lowest BCUT2D eigenvalue weighted by atomic mass is 9.86. The van der Waals surface area contributed by atoms with Gasteiger partial charge >= 0.3 is 5.97 Å². The quantitative estimate of drug-likeness (QED) is 0.166. The van der Waals surface area contributed by atoms with E-state index in [0.717, 1.165) is 38.2 Å². The highest BCUT2D eigenvalue weighted by atomic mass is 127. The van der Waals surface area contributed by atoms with Crippen molar-refractivity contribution in [3.05, 3.63) is 0 Å². The molecule has 0 heterocycles. The van der Waals surface area contributed by atoms with Gasteiger partial charge in [-0.2, -0.15) is 0 Å². The third-order valence-electron chi connectivity index (χ3n) is 4.38. The SMILES string of the molecule is CCNC(=NCCNC(=O)C(C)(C)C)NC1CCC(C(=O)OCC)CC1.I. The first-order valence-electron chi connectivity index (χ1n) is 9.77. The number of aliphatic imine (C=N–C) groups is 1. The Kier molecular flexibility index (Phi) is 12.7. The molecule has 0 unspecified atom stereocenters. The second-order valence-corrected chi connectivity index (χ2v) is 7.71. The molecule has 1 aliphatic rings. The van der Waals surface area contributed by atoms with Gasteiger partial charge in [0.05, 0.1) is 19.1 Å². The lowest BCUT2D eigenvalue weighted by molar-refractivity contribution is -0.149. The third kappa shape index (κ3) is 10.2. The summed E-state index contributed by atoms with van der Waals surface area (Å²) in [6.07, 6.45) is 3.54. The average molecular weight is 496 g/mol. The number of ether oxygens (including phenoxy) is 1. The van der Waals surface area contributed by atoms with Crippen LogP contribution >= 0.6 is 24.0 Å². The minimum atomic E-state index is -0.385. The van der Waals surface area contributed by atoms with Gasteiger partial charge in [0, 0.05) is 24.5 Å². The molecule has 0 aromatic carbocycles. The van der Waals surface area contributed by atoms with E-state index >= 15 is 0 Å². The zero-order valence-corrected chi connectivity index (χ0v) is 19.7. The Bertz CT molecular complexity index is 484. The van der Waals surface area contributed by atoms with E-state index in [2.05, 4.69) is 20.9 Å². The van der Waals surface area contributed by atoms with Gasteiger partial charge in [0.2, 0.25) is 5.91 Å². The predicted molar refractivity (Wildman–Crippen MR) is 119 cm³/mol. The number of carbonyl (C=O) groups excluding carboxylic acids is 2. The van der Waals surface area contributed by atoms with E-state index in [-0.39, 0.29) is 47.2 Å². The fourth-order valence-corrected chi connectivity index (χ4v) is 2.85. The highest BCUT2D eigenvalue weighted by Crippen LogP contribution is 2.25. The van der Waals surface area contributed by atoms with Gasteiger partial charge < -0.3 is 20.7 Å². The van der Waals surface area contributed by atoms with Gasteiger partial charge in [0.25, 0.3) is 0 Å². The van der Waals surface area contributed by atoms with Crippen molar-refractivity contribution in [3.63, 3.8) is 0 Å². The molecular formula is C19H37IN4O3. The normalized spacial score (nSPS) is 20.3. The van der Waals surface area contributed by atoms with Crippen LogP contribution in [-0.2, 0) is 14.3 Å². The van der Waals surface area contributed by atoms with Crippen LogP contribution in [0.4, 0.5) is 0 Å². The standard InChI is InChI=1S/C19H36N4O3.HI/c1-6-20-18(22-13-12-21-17(25)19(3,4)5)23-15-10-8-14(9-11-15)16(24)26-7-2;/h14-15H,6-13H2,1-5H3,(H,21,25)(H2,20,22,23);1H. The molecule has 0 spiro atoms. The van der Waals surface area contributed by atoms with Gasteiger partial charge in [0.1, 0.15) is 0 Å². The number of hydrogen-bond donors (Lipinski definition) is 3. The summed E-state index contributed by atoms with van der Waals surface area (Å²) in [5, 5.41) is 9.58. The summed E-state index contributed by atoms with van der Waals surface area (Å²) in [5.41, 5.74) is -0.385. The van der Waals surface area contributed by atoms with Crippen LogP contribution in [0.25, 0.3) is 0 Å². The predicted octanol–water partition coefficient (Wildman–Crippen LogP) is 2.44. The number of rotatable bonds is 7. The number of nitrogens with one attached hydrogen (secondary N) is 3. The molecule has 0 aromatic heterocycles. The highest BCUT2D eigenvalue weighted by Gasteiger charge is 2.27. The maximum absolute atomic E-state index is 11.9. The molecule has 0 aliphatic heterocycles. The first-order chi connectivity index (χ1) is 12.3. The van der Waals surface area contributed by atoms with E-state index < -0.39 is 0 Å². The molecular weight excluding hydrogens is 459 g/mol. The van der Waals surface area contributed by atoms with Gasteiger partial charge in [0.15, 0.2) is 5.96 Å². The van der Waals surface area contributed by atoms with Crippen LogP contribution in [0.5, 0.6) is 0 Å². The molecule has 0 aromatic rings. The van der Waals surface area contributed by atoms with Crippen molar-refractivity contribution in [2.24, 2.45) is 16.3 Å². The van der Waals surface area contributed by atoms with Crippen LogP contribution in [0.2, 0.25) is 0 Å². The molecule has 7 nitrogen and oxygen atoms in total. The Morgan fingerprint density at radius 2 is 1.70 bits per heavy atom. The van der Waals surface area contributed by atoms with Crippen LogP contribution in [-0.4, -0.2) is 50.1 Å². The Labute approximate surface area is 180 Å². The number of hydrogen-bond acceptors (Lipinski definition) is 4. The topological polar surface area (TPSA) is 91.8 Å². The third-order valence-corrected chi connectivity index (χ3v) is 4.38. The van der Waals surface area contributed by atoms with E-state index in [1.165, 1.54) is 0 Å². The molecule has 1 rings (SSSR count). The Morgan fingerprint density at radius 1 is 1.07 bits per heavy atom. The molecule has 0 saturated heterocycles. The fraction of sp³-hybridized carbons (Fsp3) is 0.842. The lowest BCUT2D eigenvalue weighted by Gasteiger charge is -2.29. The van der Waals surface area contributed by atoms with E-state index in [4.69, 9.17) is 4.74 Å². The Morgan fingerprint density at radius 3 is 2.22 bits per heavy atom. The van der Waals surface area contributed by atoms with Crippen molar-refractivity contribution in [2.45, 2.75) is 66.3 Å². The molecule has 158 valence electrons. The molecule has 0 bridgehead atoms. The number of nitrogens with zero attached hydrogens (tertiary/aromatic N) is 1. The number of carbonyl (C=O) groups is 2. The van der Waals surface area contributed by atoms with Crippen LogP contribution in [0, 0.1) is 11.3 Å². The molecule has 8 heteroatoms. The van der Waals surface area contributed by atoms with E-state index in [0.29, 0.717) is 25.7 Å². The number of halogens is 1. The first-order valence-corrected chi connectivity index (χ1v) is 9.77. The molecule has 1 saturated carbocycles. The van der Waals surface area contributed by atoms with Crippen LogP contribution < -0.4 is 16.0 Å². The summed E-state index contributed by atoms with van der Waals surface area (Å²) in [7, 11) is 0. The summed E-state index contributed by atoms with van der Waals surface area (Å²) in [4.78, 5) is 28.2. The molecule has 3 N–H and O–H groups in total. The zero-order chi connectivity index (χ0) is 19.6. The molecule has 27 heavy (non-hydrogen) atoms. The monoisotopic (exact) mass is 496 g/mol. The van der Waals surface area contributed by atoms with Crippen molar-refractivity contribution in [3.8, 4) is 0 Å². The summed E-state index contributed by atoms with van der Waals surface area (Å²) in [6.45, 7) is 11.8. The Balaban J connectivity index is 0.00000676. The minimum Gasteiger partial charge on any atom is -0.466 e. The summed E-state index contributed by atoms with van der Waals surface area (Å²) >= 11 is 0. The fourth-order valence-electron chi connectivity index (χ4n) is 2.85. The second kappa shape index (κ2) is 13.2. The minimum absolute atomic E-state index is 0. The van der Waals surface area contributed by atoms with Crippen LogP contribution in [0.3, 0.4) is 0 Å². The second-order valence-electron chi connectivity index (χ2n) is 7.71. The van der Waals surface area contributed by atoms with Gasteiger partial charge in [-0.15, -0.1) is 24.0 Å². The summed E-state index contributed by atoms with van der Waals surface area (Å²) < 4.78 is 5.11.